The van der Waals surface area contributed by atoms with E-state index in [2.05, 4.69) is 15.3 Å². The highest BCUT2D eigenvalue weighted by Crippen LogP contribution is 2.27. The van der Waals surface area contributed by atoms with E-state index in [1.54, 1.807) is 39.4 Å². The van der Waals surface area contributed by atoms with Crippen molar-refractivity contribution in [3.05, 3.63) is 53.3 Å². The zero-order chi connectivity index (χ0) is 25.0. The topological polar surface area (TPSA) is 125 Å². The van der Waals surface area contributed by atoms with Gasteiger partial charge in [0.05, 0.1) is 42.5 Å². The van der Waals surface area contributed by atoms with Crippen LogP contribution >= 0.6 is 0 Å². The number of hydrogen-bond acceptors (Lipinski definition) is 6. The maximum atomic E-state index is 13.1. The van der Waals surface area contributed by atoms with Gasteiger partial charge in [-0.2, -0.15) is 4.31 Å². The summed E-state index contributed by atoms with van der Waals surface area (Å²) < 4.78 is 32.3. The van der Waals surface area contributed by atoms with Gasteiger partial charge in [0.1, 0.15) is 5.75 Å². The molecule has 0 spiro atoms. The van der Waals surface area contributed by atoms with Crippen molar-refractivity contribution in [2.45, 2.75) is 25.3 Å². The van der Waals surface area contributed by atoms with E-state index in [-0.39, 0.29) is 17.3 Å². The molecule has 1 heterocycles. The molecule has 2 amide bonds. The van der Waals surface area contributed by atoms with Crippen LogP contribution in [0.25, 0.3) is 11.0 Å². The van der Waals surface area contributed by atoms with Crippen LogP contribution in [-0.4, -0.2) is 73.7 Å². The van der Waals surface area contributed by atoms with Crippen molar-refractivity contribution >= 4 is 32.9 Å². The molecule has 0 radical (unpaired) electrons. The van der Waals surface area contributed by atoms with Gasteiger partial charge in [-0.15, -0.1) is 0 Å². The van der Waals surface area contributed by atoms with E-state index in [0.717, 1.165) is 20.9 Å². The second-order valence-electron chi connectivity index (χ2n) is 8.13. The van der Waals surface area contributed by atoms with Crippen molar-refractivity contribution in [3.63, 3.8) is 0 Å². The first kappa shape index (κ1) is 25.2. The molecule has 0 saturated carbocycles. The van der Waals surface area contributed by atoms with Crippen LogP contribution in [-0.2, 0) is 26.2 Å². The SMILES string of the molecule is COc1cc(C)c(S(=O)(=O)N(C)CC(=O)NCC(=O)N(C)Cc2ccc3nc[nH]c3c2)c(C)c1. The summed E-state index contributed by atoms with van der Waals surface area (Å²) >= 11 is 0. The van der Waals surface area contributed by atoms with Crippen molar-refractivity contribution in [2.24, 2.45) is 0 Å². The Labute approximate surface area is 199 Å². The molecule has 34 heavy (non-hydrogen) atoms. The second-order valence-corrected chi connectivity index (χ2v) is 10.1. The monoisotopic (exact) mass is 487 g/mol. The van der Waals surface area contributed by atoms with Gasteiger partial charge in [-0.1, -0.05) is 6.07 Å². The van der Waals surface area contributed by atoms with Crippen LogP contribution < -0.4 is 10.1 Å². The van der Waals surface area contributed by atoms with Crippen molar-refractivity contribution in [3.8, 4) is 5.75 Å². The summed E-state index contributed by atoms with van der Waals surface area (Å²) in [6.07, 6.45) is 1.60. The van der Waals surface area contributed by atoms with Crippen LogP contribution in [0.2, 0.25) is 0 Å². The van der Waals surface area contributed by atoms with Gasteiger partial charge in [-0.3, -0.25) is 9.59 Å². The van der Waals surface area contributed by atoms with E-state index in [0.29, 0.717) is 23.4 Å². The standard InChI is InChI=1S/C23H29N5O5S/c1-15-8-18(33-5)9-16(2)23(15)34(31,32)28(4)13-21(29)24-11-22(30)27(3)12-17-6-7-19-20(10-17)26-14-25-19/h6-10,14H,11-13H2,1-5H3,(H,24,29)(H,25,26). The predicted octanol–water partition coefficient (Wildman–Crippen LogP) is 1.58. The van der Waals surface area contributed by atoms with E-state index in [1.165, 1.54) is 19.1 Å². The molecule has 0 bridgehead atoms. The zero-order valence-corrected chi connectivity index (χ0v) is 20.7. The number of carbonyl (C=O) groups excluding carboxylic acids is 2. The normalized spacial score (nSPS) is 11.6. The number of aromatic nitrogens is 2. The number of aromatic amines is 1. The summed E-state index contributed by atoms with van der Waals surface area (Å²) in [5.41, 5.74) is 3.67. The average Bonchev–Trinajstić information content (AvgIpc) is 3.24. The Hall–Kier alpha value is -3.44. The first-order valence-corrected chi connectivity index (χ1v) is 12.0. The highest BCUT2D eigenvalue weighted by molar-refractivity contribution is 7.89. The first-order valence-electron chi connectivity index (χ1n) is 10.6. The van der Waals surface area contributed by atoms with Crippen molar-refractivity contribution in [1.82, 2.24) is 24.5 Å². The van der Waals surface area contributed by atoms with Crippen LogP contribution in [0.15, 0.2) is 41.6 Å². The summed E-state index contributed by atoms with van der Waals surface area (Å²) in [6.45, 7) is 3.05. The third-order valence-electron chi connectivity index (χ3n) is 5.47. The van der Waals surface area contributed by atoms with Crippen LogP contribution in [0.1, 0.15) is 16.7 Å². The highest BCUT2D eigenvalue weighted by Gasteiger charge is 2.27. The lowest BCUT2D eigenvalue weighted by molar-refractivity contribution is -0.132. The molecule has 11 heteroatoms. The van der Waals surface area contributed by atoms with Gasteiger partial charge in [-0.25, -0.2) is 13.4 Å². The lowest BCUT2D eigenvalue weighted by Gasteiger charge is -2.21. The number of benzene rings is 2. The smallest absolute Gasteiger partial charge is 0.243 e. The van der Waals surface area contributed by atoms with Gasteiger partial charge in [0.25, 0.3) is 0 Å². The molecular formula is C23H29N5O5S. The van der Waals surface area contributed by atoms with Gasteiger partial charge in [-0.05, 0) is 54.8 Å². The molecule has 0 aliphatic heterocycles. The van der Waals surface area contributed by atoms with Gasteiger partial charge in [0.2, 0.25) is 21.8 Å². The number of carbonyl (C=O) groups is 2. The Morgan fingerprint density at radius 3 is 2.44 bits per heavy atom. The number of aryl methyl sites for hydroxylation is 2. The quantitative estimate of drug-likeness (QED) is 0.472. The summed E-state index contributed by atoms with van der Waals surface area (Å²) in [7, 11) is 0.561. The highest BCUT2D eigenvalue weighted by atomic mass is 32.2. The van der Waals surface area contributed by atoms with E-state index in [9.17, 15) is 18.0 Å². The Morgan fingerprint density at radius 1 is 1.12 bits per heavy atom. The van der Waals surface area contributed by atoms with Gasteiger partial charge in [0, 0.05) is 20.6 Å². The van der Waals surface area contributed by atoms with Gasteiger partial charge in [0.15, 0.2) is 0 Å². The van der Waals surface area contributed by atoms with Crippen molar-refractivity contribution < 1.29 is 22.7 Å². The lowest BCUT2D eigenvalue weighted by Crippen LogP contribution is -2.43. The summed E-state index contributed by atoms with van der Waals surface area (Å²) in [6, 6.07) is 8.92. The van der Waals surface area contributed by atoms with Gasteiger partial charge >= 0.3 is 0 Å². The number of hydrogen-bond donors (Lipinski definition) is 2. The number of fused-ring (bicyclic) bond motifs is 1. The summed E-state index contributed by atoms with van der Waals surface area (Å²) in [5, 5.41) is 2.50. The molecule has 2 N–H and O–H groups in total. The fourth-order valence-corrected chi connectivity index (χ4v) is 5.22. The second kappa shape index (κ2) is 10.2. The number of rotatable bonds is 9. The lowest BCUT2D eigenvalue weighted by atomic mass is 10.1. The van der Waals surface area contributed by atoms with Crippen molar-refractivity contribution in [2.75, 3.05) is 34.3 Å². The average molecular weight is 488 g/mol. The van der Waals surface area contributed by atoms with Crippen LogP contribution in [0.5, 0.6) is 5.75 Å². The number of nitrogens with one attached hydrogen (secondary N) is 2. The zero-order valence-electron chi connectivity index (χ0n) is 19.9. The van der Waals surface area contributed by atoms with Crippen LogP contribution in [0.4, 0.5) is 0 Å². The Morgan fingerprint density at radius 2 is 1.79 bits per heavy atom. The predicted molar refractivity (Wildman–Crippen MR) is 128 cm³/mol. The number of nitrogens with zero attached hydrogens (tertiary/aromatic N) is 3. The molecule has 10 nitrogen and oxygen atoms in total. The minimum atomic E-state index is -3.92. The maximum Gasteiger partial charge on any atom is 0.243 e. The summed E-state index contributed by atoms with van der Waals surface area (Å²) in [4.78, 5) is 33.7. The maximum absolute atomic E-state index is 13.1. The molecule has 3 aromatic rings. The molecular weight excluding hydrogens is 458 g/mol. The Bertz CT molecular complexity index is 1300. The molecule has 0 unspecified atom stereocenters. The van der Waals surface area contributed by atoms with Crippen LogP contribution in [0.3, 0.4) is 0 Å². The van der Waals surface area contributed by atoms with Crippen molar-refractivity contribution in [1.29, 1.82) is 0 Å². The van der Waals surface area contributed by atoms with E-state index >= 15 is 0 Å². The Balaban J connectivity index is 1.56. The van der Waals surface area contributed by atoms with E-state index in [1.807, 2.05) is 18.2 Å². The first-order chi connectivity index (χ1) is 16.0. The minimum absolute atomic E-state index is 0.133. The molecule has 182 valence electrons. The Kier molecular flexibility index (Phi) is 7.57. The molecule has 0 fully saturated rings. The number of sulfonamides is 1. The molecule has 0 saturated heterocycles. The summed E-state index contributed by atoms with van der Waals surface area (Å²) in [5.74, 6) is -0.317. The number of likely N-dealkylation sites (N-methyl/N-ethyl adjacent to an activating group) is 2. The third kappa shape index (κ3) is 5.54. The number of amides is 2. The molecule has 0 aliphatic carbocycles. The number of methoxy groups -OCH3 is 1. The minimum Gasteiger partial charge on any atom is -0.497 e. The largest absolute Gasteiger partial charge is 0.497 e. The molecule has 2 aromatic carbocycles. The fourth-order valence-electron chi connectivity index (χ4n) is 3.69. The molecule has 1 aromatic heterocycles. The van der Waals surface area contributed by atoms with E-state index in [4.69, 9.17) is 4.74 Å². The number of imidazole rings is 1. The third-order valence-corrected chi connectivity index (χ3v) is 7.58. The molecule has 3 rings (SSSR count). The molecule has 0 atom stereocenters. The fraction of sp³-hybridized carbons (Fsp3) is 0.348. The van der Waals surface area contributed by atoms with Gasteiger partial charge < -0.3 is 19.9 Å². The van der Waals surface area contributed by atoms with E-state index < -0.39 is 22.5 Å². The molecule has 0 aliphatic rings. The number of ether oxygens (including phenoxy) is 1. The number of H-pyrrole nitrogens is 1. The van der Waals surface area contributed by atoms with Crippen LogP contribution in [0, 0.1) is 13.8 Å².